The normalized spacial score (nSPS) is 9.93. The Kier molecular flexibility index (Phi) is 3.95. The molecule has 0 unspecified atom stereocenters. The van der Waals surface area contributed by atoms with Crippen LogP contribution in [0.3, 0.4) is 0 Å². The van der Waals surface area contributed by atoms with Gasteiger partial charge in [-0.05, 0) is 18.4 Å². The number of carbonyl (C=O) groups excluding carboxylic acids is 1. The van der Waals surface area contributed by atoms with Crippen LogP contribution in [-0.2, 0) is 6.54 Å². The predicted molar refractivity (Wildman–Crippen MR) is 59.5 cm³/mol. The van der Waals surface area contributed by atoms with E-state index < -0.39 is 0 Å². The monoisotopic (exact) mass is 212 g/mol. The Bertz CT molecular complexity index is 284. The van der Waals surface area contributed by atoms with Gasteiger partial charge in [0.2, 0.25) is 0 Å². The zero-order valence-corrected chi connectivity index (χ0v) is 9.67. The van der Waals surface area contributed by atoms with E-state index in [1.54, 1.807) is 21.1 Å². The molecule has 0 radical (unpaired) electrons. The van der Waals surface area contributed by atoms with Gasteiger partial charge in [0.15, 0.2) is 0 Å². The lowest BCUT2D eigenvalue weighted by atomic mass is 10.4. The second-order valence-corrected chi connectivity index (χ2v) is 4.26. The molecule has 78 valence electrons. The highest BCUT2D eigenvalue weighted by Gasteiger charge is 2.12. The Morgan fingerprint density at radius 3 is 2.64 bits per heavy atom. The van der Waals surface area contributed by atoms with Gasteiger partial charge < -0.3 is 9.80 Å². The van der Waals surface area contributed by atoms with Crippen molar-refractivity contribution in [3.63, 3.8) is 0 Å². The summed E-state index contributed by atoms with van der Waals surface area (Å²) in [6, 6.07) is 4.11. The van der Waals surface area contributed by atoms with E-state index in [4.69, 9.17) is 0 Å². The molecule has 2 amide bonds. The van der Waals surface area contributed by atoms with Crippen LogP contribution in [0.2, 0.25) is 0 Å². The summed E-state index contributed by atoms with van der Waals surface area (Å²) in [7, 11) is 3.64. The minimum atomic E-state index is 0.0703. The summed E-state index contributed by atoms with van der Waals surface area (Å²) in [6.45, 7) is 3.41. The van der Waals surface area contributed by atoms with Crippen molar-refractivity contribution in [1.82, 2.24) is 9.80 Å². The van der Waals surface area contributed by atoms with Crippen LogP contribution in [0.15, 0.2) is 17.5 Å². The van der Waals surface area contributed by atoms with Crippen molar-refractivity contribution < 1.29 is 4.79 Å². The average molecular weight is 212 g/mol. The third-order valence-electron chi connectivity index (χ3n) is 2.10. The molecule has 1 aromatic heterocycles. The number of hydrogen-bond donors (Lipinski definition) is 0. The topological polar surface area (TPSA) is 23.6 Å². The fraction of sp³-hybridized carbons (Fsp3) is 0.500. The van der Waals surface area contributed by atoms with E-state index in [2.05, 4.69) is 0 Å². The molecule has 0 spiro atoms. The van der Waals surface area contributed by atoms with Crippen LogP contribution in [0.1, 0.15) is 11.8 Å². The van der Waals surface area contributed by atoms with E-state index >= 15 is 0 Å². The van der Waals surface area contributed by atoms with Crippen LogP contribution in [-0.4, -0.2) is 36.5 Å². The fourth-order valence-electron chi connectivity index (χ4n) is 1.13. The molecule has 0 saturated heterocycles. The number of nitrogens with zero attached hydrogens (tertiary/aromatic N) is 2. The highest BCUT2D eigenvalue weighted by molar-refractivity contribution is 7.09. The molecule has 0 bridgehead atoms. The largest absolute Gasteiger partial charge is 0.328 e. The van der Waals surface area contributed by atoms with Gasteiger partial charge in [-0.3, -0.25) is 0 Å². The minimum absolute atomic E-state index is 0.0703. The number of urea groups is 1. The summed E-state index contributed by atoms with van der Waals surface area (Å²) in [4.78, 5) is 16.3. The number of hydrogen-bond acceptors (Lipinski definition) is 2. The van der Waals surface area contributed by atoms with E-state index in [0.29, 0.717) is 6.54 Å². The lowest BCUT2D eigenvalue weighted by molar-refractivity contribution is 0.174. The van der Waals surface area contributed by atoms with E-state index in [0.717, 1.165) is 6.54 Å². The molecule has 0 aliphatic heterocycles. The van der Waals surface area contributed by atoms with Gasteiger partial charge in [0.1, 0.15) is 0 Å². The summed E-state index contributed by atoms with van der Waals surface area (Å²) in [5.41, 5.74) is 0. The first kappa shape index (κ1) is 11.0. The third-order valence-corrected chi connectivity index (χ3v) is 2.96. The quantitative estimate of drug-likeness (QED) is 0.754. The van der Waals surface area contributed by atoms with Gasteiger partial charge in [-0.2, -0.15) is 0 Å². The molecule has 1 rings (SSSR count). The molecule has 0 aliphatic carbocycles. The molecule has 3 nitrogen and oxygen atoms in total. The van der Waals surface area contributed by atoms with Gasteiger partial charge in [0.05, 0.1) is 6.54 Å². The first-order valence-corrected chi connectivity index (χ1v) is 5.51. The molecule has 0 fully saturated rings. The van der Waals surface area contributed by atoms with Crippen molar-refractivity contribution in [1.29, 1.82) is 0 Å². The minimum Gasteiger partial charge on any atom is -0.328 e. The highest BCUT2D eigenvalue weighted by Crippen LogP contribution is 2.11. The van der Waals surface area contributed by atoms with Crippen LogP contribution < -0.4 is 0 Å². The summed E-state index contributed by atoms with van der Waals surface area (Å²) in [5.74, 6) is 0. The Labute approximate surface area is 88.9 Å². The molecule has 14 heavy (non-hydrogen) atoms. The van der Waals surface area contributed by atoms with Crippen LogP contribution in [0.4, 0.5) is 4.79 Å². The number of carbonyl (C=O) groups is 1. The zero-order valence-electron chi connectivity index (χ0n) is 8.86. The first-order valence-electron chi connectivity index (χ1n) is 4.63. The highest BCUT2D eigenvalue weighted by atomic mass is 32.1. The van der Waals surface area contributed by atoms with E-state index in [9.17, 15) is 4.79 Å². The molecule has 0 aliphatic rings. The van der Waals surface area contributed by atoms with Crippen LogP contribution in [0.25, 0.3) is 0 Å². The van der Waals surface area contributed by atoms with Crippen molar-refractivity contribution in [3.05, 3.63) is 22.4 Å². The lowest BCUT2D eigenvalue weighted by Gasteiger charge is -2.23. The van der Waals surface area contributed by atoms with E-state index in [-0.39, 0.29) is 6.03 Å². The maximum absolute atomic E-state index is 11.7. The van der Waals surface area contributed by atoms with Crippen LogP contribution in [0, 0.1) is 0 Å². The summed E-state index contributed by atoms with van der Waals surface area (Å²) >= 11 is 1.68. The van der Waals surface area contributed by atoms with Gasteiger partial charge in [-0.15, -0.1) is 11.3 Å². The smallest absolute Gasteiger partial charge is 0.319 e. The second kappa shape index (κ2) is 5.00. The average Bonchev–Trinajstić information content (AvgIpc) is 2.68. The van der Waals surface area contributed by atoms with Gasteiger partial charge in [-0.1, -0.05) is 6.07 Å². The van der Waals surface area contributed by atoms with Crippen molar-refractivity contribution >= 4 is 17.4 Å². The van der Waals surface area contributed by atoms with Gasteiger partial charge >= 0.3 is 6.03 Å². The maximum Gasteiger partial charge on any atom is 0.319 e. The number of thiophene rings is 1. The maximum atomic E-state index is 11.7. The zero-order chi connectivity index (χ0) is 10.6. The summed E-state index contributed by atoms with van der Waals surface area (Å²) < 4.78 is 0. The van der Waals surface area contributed by atoms with Crippen LogP contribution >= 0.6 is 11.3 Å². The van der Waals surface area contributed by atoms with Gasteiger partial charge in [0, 0.05) is 25.5 Å². The Balaban J connectivity index is 2.50. The van der Waals surface area contributed by atoms with Crippen LogP contribution in [0.5, 0.6) is 0 Å². The van der Waals surface area contributed by atoms with Gasteiger partial charge in [0.25, 0.3) is 0 Å². The molecule has 0 N–H and O–H groups in total. The summed E-state index contributed by atoms with van der Waals surface area (Å²) in [6.07, 6.45) is 0. The molecule has 4 heteroatoms. The molecule has 0 aromatic carbocycles. The Hall–Kier alpha value is -1.03. The molecule has 0 atom stereocenters. The SMILES string of the molecule is CCN(C)C(=O)N(C)Cc1cccs1. The third kappa shape index (κ3) is 2.73. The molecule has 1 aromatic rings. The van der Waals surface area contributed by atoms with E-state index in [1.165, 1.54) is 4.88 Å². The number of rotatable bonds is 3. The second-order valence-electron chi connectivity index (χ2n) is 3.23. The Morgan fingerprint density at radius 1 is 1.43 bits per heavy atom. The van der Waals surface area contributed by atoms with E-state index in [1.807, 2.05) is 38.5 Å². The van der Waals surface area contributed by atoms with Crippen molar-refractivity contribution in [3.8, 4) is 0 Å². The molecular formula is C10H16N2OS. The number of amides is 2. The van der Waals surface area contributed by atoms with Crippen molar-refractivity contribution in [2.45, 2.75) is 13.5 Å². The fourth-order valence-corrected chi connectivity index (χ4v) is 1.89. The first-order chi connectivity index (χ1) is 6.65. The molecule has 1 heterocycles. The standard InChI is InChI=1S/C10H16N2OS/c1-4-11(2)10(13)12(3)8-9-6-5-7-14-9/h5-7H,4,8H2,1-3H3. The lowest BCUT2D eigenvalue weighted by Crippen LogP contribution is -2.37. The predicted octanol–water partition coefficient (Wildman–Crippen LogP) is 2.25. The molecular weight excluding hydrogens is 196 g/mol. The molecule has 0 saturated carbocycles. The van der Waals surface area contributed by atoms with Crippen molar-refractivity contribution in [2.75, 3.05) is 20.6 Å². The van der Waals surface area contributed by atoms with Crippen molar-refractivity contribution in [2.24, 2.45) is 0 Å². The van der Waals surface area contributed by atoms with Gasteiger partial charge in [-0.25, -0.2) is 4.79 Å². The Morgan fingerprint density at radius 2 is 2.14 bits per heavy atom. The summed E-state index contributed by atoms with van der Waals surface area (Å²) in [5, 5.41) is 2.02.